The van der Waals surface area contributed by atoms with Crippen LogP contribution in [0.5, 0.6) is 11.5 Å². The number of allylic oxidation sites excluding steroid dienone is 1. The van der Waals surface area contributed by atoms with Crippen LogP contribution >= 0.6 is 11.3 Å². The van der Waals surface area contributed by atoms with Crippen LogP contribution in [0.4, 0.5) is 5.13 Å². The third kappa shape index (κ3) is 4.15. The molecule has 0 aliphatic rings. The molecule has 0 aliphatic heterocycles. The SMILES string of the molecule is C=CCc1cc(C(=O)Nc2nc(-c3cccnc3)cs2)cc(OC)c1OC. The summed E-state index contributed by atoms with van der Waals surface area (Å²) in [5.41, 5.74) is 2.95. The van der Waals surface area contributed by atoms with Gasteiger partial charge in [0.15, 0.2) is 16.6 Å². The number of thiazole rings is 1. The van der Waals surface area contributed by atoms with Crippen LogP contribution in [0.1, 0.15) is 15.9 Å². The summed E-state index contributed by atoms with van der Waals surface area (Å²) < 4.78 is 10.8. The number of rotatable bonds is 7. The molecule has 0 radical (unpaired) electrons. The van der Waals surface area contributed by atoms with Crippen molar-refractivity contribution in [3.63, 3.8) is 0 Å². The molecule has 0 saturated heterocycles. The van der Waals surface area contributed by atoms with Gasteiger partial charge in [-0.05, 0) is 30.7 Å². The van der Waals surface area contributed by atoms with E-state index in [0.29, 0.717) is 28.6 Å². The van der Waals surface area contributed by atoms with Gasteiger partial charge in [0.05, 0.1) is 19.9 Å². The van der Waals surface area contributed by atoms with E-state index in [9.17, 15) is 4.79 Å². The van der Waals surface area contributed by atoms with Crippen molar-refractivity contribution in [1.29, 1.82) is 0 Å². The minimum Gasteiger partial charge on any atom is -0.493 e. The normalized spacial score (nSPS) is 10.3. The number of amides is 1. The zero-order valence-electron chi connectivity index (χ0n) is 15.1. The van der Waals surface area contributed by atoms with Gasteiger partial charge in [-0.2, -0.15) is 0 Å². The summed E-state index contributed by atoms with van der Waals surface area (Å²) in [4.78, 5) is 21.2. The first-order valence-electron chi connectivity index (χ1n) is 8.19. The molecule has 27 heavy (non-hydrogen) atoms. The lowest BCUT2D eigenvalue weighted by Gasteiger charge is -2.14. The monoisotopic (exact) mass is 381 g/mol. The van der Waals surface area contributed by atoms with E-state index in [1.54, 1.807) is 37.7 Å². The molecular weight excluding hydrogens is 362 g/mol. The van der Waals surface area contributed by atoms with Crippen molar-refractivity contribution in [1.82, 2.24) is 9.97 Å². The maximum absolute atomic E-state index is 12.7. The van der Waals surface area contributed by atoms with Gasteiger partial charge < -0.3 is 9.47 Å². The smallest absolute Gasteiger partial charge is 0.257 e. The van der Waals surface area contributed by atoms with Crippen LogP contribution in [0, 0.1) is 0 Å². The first-order valence-corrected chi connectivity index (χ1v) is 9.07. The van der Waals surface area contributed by atoms with Crippen molar-refractivity contribution in [2.45, 2.75) is 6.42 Å². The molecule has 3 rings (SSSR count). The number of hydrogen-bond donors (Lipinski definition) is 1. The molecule has 0 atom stereocenters. The second-order valence-corrected chi connectivity index (χ2v) is 6.46. The van der Waals surface area contributed by atoms with Gasteiger partial charge in [0, 0.05) is 34.5 Å². The predicted octanol–water partition coefficient (Wildman–Crippen LogP) is 4.20. The van der Waals surface area contributed by atoms with Gasteiger partial charge in [0.25, 0.3) is 5.91 Å². The molecule has 2 aromatic heterocycles. The summed E-state index contributed by atoms with van der Waals surface area (Å²) in [5, 5.41) is 5.22. The van der Waals surface area contributed by atoms with E-state index in [-0.39, 0.29) is 5.91 Å². The number of carbonyl (C=O) groups excluding carboxylic acids is 1. The minimum absolute atomic E-state index is 0.270. The molecule has 0 unspecified atom stereocenters. The summed E-state index contributed by atoms with van der Waals surface area (Å²) >= 11 is 1.36. The van der Waals surface area contributed by atoms with Gasteiger partial charge in [0.2, 0.25) is 0 Å². The first-order chi connectivity index (χ1) is 13.2. The Morgan fingerprint density at radius 1 is 1.33 bits per heavy atom. The Balaban J connectivity index is 1.85. The topological polar surface area (TPSA) is 73.3 Å². The second kappa shape index (κ2) is 8.46. The number of nitrogens with zero attached hydrogens (tertiary/aromatic N) is 2. The minimum atomic E-state index is -0.270. The molecule has 7 heteroatoms. The van der Waals surface area contributed by atoms with E-state index in [4.69, 9.17) is 9.47 Å². The Kier molecular flexibility index (Phi) is 5.83. The highest BCUT2D eigenvalue weighted by molar-refractivity contribution is 7.14. The summed E-state index contributed by atoms with van der Waals surface area (Å²) in [6, 6.07) is 7.19. The highest BCUT2D eigenvalue weighted by Gasteiger charge is 2.17. The maximum Gasteiger partial charge on any atom is 0.257 e. The third-order valence-corrected chi connectivity index (χ3v) is 4.62. The Labute approximate surface area is 161 Å². The Morgan fingerprint density at radius 3 is 2.85 bits per heavy atom. The Morgan fingerprint density at radius 2 is 2.19 bits per heavy atom. The number of benzene rings is 1. The number of methoxy groups -OCH3 is 2. The summed E-state index contributed by atoms with van der Waals surface area (Å²) in [6.07, 6.45) is 5.75. The number of ether oxygens (including phenoxy) is 2. The fourth-order valence-corrected chi connectivity index (χ4v) is 3.34. The Hall–Kier alpha value is -3.19. The number of nitrogens with one attached hydrogen (secondary N) is 1. The molecule has 2 heterocycles. The average molecular weight is 381 g/mol. The number of hydrogen-bond acceptors (Lipinski definition) is 6. The predicted molar refractivity (Wildman–Crippen MR) is 107 cm³/mol. The number of anilines is 1. The van der Waals surface area contributed by atoms with Crippen LogP contribution in [0.3, 0.4) is 0 Å². The van der Waals surface area contributed by atoms with Crippen LogP contribution < -0.4 is 14.8 Å². The molecular formula is C20H19N3O3S. The second-order valence-electron chi connectivity index (χ2n) is 5.60. The zero-order chi connectivity index (χ0) is 19.2. The molecule has 1 N–H and O–H groups in total. The largest absolute Gasteiger partial charge is 0.493 e. The van der Waals surface area contributed by atoms with Gasteiger partial charge in [-0.1, -0.05) is 6.08 Å². The number of aromatic nitrogens is 2. The van der Waals surface area contributed by atoms with E-state index in [0.717, 1.165) is 16.8 Å². The van der Waals surface area contributed by atoms with E-state index in [1.807, 2.05) is 17.5 Å². The lowest BCUT2D eigenvalue weighted by molar-refractivity contribution is 0.102. The molecule has 0 aliphatic carbocycles. The molecule has 138 valence electrons. The fraction of sp³-hybridized carbons (Fsp3) is 0.150. The number of carbonyl (C=O) groups is 1. The highest BCUT2D eigenvalue weighted by Crippen LogP contribution is 2.33. The van der Waals surface area contributed by atoms with Crippen LogP contribution in [-0.4, -0.2) is 30.1 Å². The standard InChI is InChI=1S/C20H19N3O3S/c1-4-6-13-9-15(10-17(25-2)18(13)26-3)19(24)23-20-22-16(12-27-20)14-7-5-8-21-11-14/h4-5,7-12H,1,6H2,2-3H3,(H,22,23,24). The summed E-state index contributed by atoms with van der Waals surface area (Å²) in [7, 11) is 3.11. The van der Waals surface area contributed by atoms with Gasteiger partial charge in [-0.15, -0.1) is 17.9 Å². The summed E-state index contributed by atoms with van der Waals surface area (Å²) in [5.74, 6) is 0.826. The van der Waals surface area contributed by atoms with Gasteiger partial charge >= 0.3 is 0 Å². The van der Waals surface area contributed by atoms with Crippen LogP contribution in [0.25, 0.3) is 11.3 Å². The van der Waals surface area contributed by atoms with Crippen molar-refractivity contribution in [2.24, 2.45) is 0 Å². The maximum atomic E-state index is 12.7. The van der Waals surface area contributed by atoms with Gasteiger partial charge in [0.1, 0.15) is 0 Å². The highest BCUT2D eigenvalue weighted by atomic mass is 32.1. The molecule has 0 bridgehead atoms. The molecule has 0 fully saturated rings. The molecule has 1 amide bonds. The third-order valence-electron chi connectivity index (χ3n) is 3.86. The lowest BCUT2D eigenvalue weighted by atomic mass is 10.1. The van der Waals surface area contributed by atoms with E-state index >= 15 is 0 Å². The van der Waals surface area contributed by atoms with E-state index in [1.165, 1.54) is 18.4 Å². The quantitative estimate of drug-likeness (QED) is 0.621. The molecule has 3 aromatic rings. The van der Waals surface area contributed by atoms with Crippen LogP contribution in [0.15, 0.2) is 54.7 Å². The van der Waals surface area contributed by atoms with Gasteiger partial charge in [-0.25, -0.2) is 4.98 Å². The molecule has 1 aromatic carbocycles. The van der Waals surface area contributed by atoms with Crippen LogP contribution in [0.2, 0.25) is 0 Å². The van der Waals surface area contributed by atoms with Crippen molar-refractivity contribution in [2.75, 3.05) is 19.5 Å². The van der Waals surface area contributed by atoms with Crippen LogP contribution in [-0.2, 0) is 6.42 Å². The molecule has 6 nitrogen and oxygen atoms in total. The number of pyridine rings is 1. The Bertz CT molecular complexity index is 954. The summed E-state index contributed by atoms with van der Waals surface area (Å²) in [6.45, 7) is 3.75. The molecule has 0 saturated carbocycles. The van der Waals surface area contributed by atoms with E-state index in [2.05, 4.69) is 21.9 Å². The average Bonchev–Trinajstić information content (AvgIpc) is 3.16. The van der Waals surface area contributed by atoms with Gasteiger partial charge in [-0.3, -0.25) is 15.1 Å². The van der Waals surface area contributed by atoms with Crippen molar-refractivity contribution in [3.05, 3.63) is 65.8 Å². The first kappa shape index (κ1) is 18.6. The fourth-order valence-electron chi connectivity index (χ4n) is 2.63. The van der Waals surface area contributed by atoms with Crippen molar-refractivity contribution in [3.8, 4) is 22.8 Å². The van der Waals surface area contributed by atoms with E-state index < -0.39 is 0 Å². The molecule has 0 spiro atoms. The zero-order valence-corrected chi connectivity index (χ0v) is 15.9. The van der Waals surface area contributed by atoms with Crippen molar-refractivity contribution >= 4 is 22.4 Å². The lowest BCUT2D eigenvalue weighted by Crippen LogP contribution is -2.13. The van der Waals surface area contributed by atoms with Crippen molar-refractivity contribution < 1.29 is 14.3 Å².